The molecule has 1 aliphatic rings. The molecule has 3 aromatic rings. The van der Waals surface area contributed by atoms with Crippen molar-refractivity contribution in [2.45, 2.75) is 46.6 Å². The number of imidazole rings is 1. The zero-order chi connectivity index (χ0) is 19.2. The summed E-state index contributed by atoms with van der Waals surface area (Å²) in [5, 5.41) is 7.91. The van der Waals surface area contributed by atoms with Gasteiger partial charge < -0.3 is 10.3 Å². The molecule has 8 heteroatoms. The summed E-state index contributed by atoms with van der Waals surface area (Å²) in [4.78, 5) is 9.13. The Morgan fingerprint density at radius 1 is 1.33 bits per heavy atom. The predicted molar refractivity (Wildman–Crippen MR) is 104 cm³/mol. The summed E-state index contributed by atoms with van der Waals surface area (Å²) < 4.78 is 6.70. The van der Waals surface area contributed by atoms with Gasteiger partial charge in [0.25, 0.3) is 0 Å². The van der Waals surface area contributed by atoms with Crippen LogP contribution in [0.5, 0.6) is 0 Å². The standard InChI is InChI=1S/C19H21ClN6O/c1-4-26-13-10-14(20)22-12(8-9-19(2,3)11-6-5-7-11)15(13)23-18(26)16-17(21)25-27-24-16/h10-11H,4-7H2,1-3H3,(H2,21,25). The number of nitrogen functional groups attached to an aromatic ring is 1. The van der Waals surface area contributed by atoms with Gasteiger partial charge in [0.1, 0.15) is 16.4 Å². The molecule has 2 N–H and O–H groups in total. The van der Waals surface area contributed by atoms with Crippen molar-refractivity contribution in [1.82, 2.24) is 24.8 Å². The number of anilines is 1. The van der Waals surface area contributed by atoms with Crippen LogP contribution >= 0.6 is 11.6 Å². The van der Waals surface area contributed by atoms with Crippen LogP contribution < -0.4 is 5.73 Å². The lowest BCUT2D eigenvalue weighted by molar-refractivity contribution is 0.178. The molecule has 0 radical (unpaired) electrons. The second-order valence-electron chi connectivity index (χ2n) is 7.44. The van der Waals surface area contributed by atoms with E-state index >= 15 is 0 Å². The summed E-state index contributed by atoms with van der Waals surface area (Å²) in [6, 6.07) is 1.78. The number of nitrogens with zero attached hydrogens (tertiary/aromatic N) is 5. The maximum atomic E-state index is 6.28. The number of hydrogen-bond donors (Lipinski definition) is 1. The molecule has 3 heterocycles. The fourth-order valence-corrected chi connectivity index (χ4v) is 3.67. The van der Waals surface area contributed by atoms with E-state index in [1.54, 1.807) is 6.07 Å². The van der Waals surface area contributed by atoms with Crippen LogP contribution in [0.15, 0.2) is 10.7 Å². The lowest BCUT2D eigenvalue weighted by atomic mass is 9.68. The second-order valence-corrected chi connectivity index (χ2v) is 7.83. The average Bonchev–Trinajstić information content (AvgIpc) is 3.13. The van der Waals surface area contributed by atoms with Crippen LogP contribution in [-0.4, -0.2) is 24.8 Å². The normalized spacial score (nSPS) is 14.8. The SMILES string of the molecule is CCn1c(-c2nonc2N)nc2c(C#CC(C)(C)C3CCC3)nc(Cl)cc21. The van der Waals surface area contributed by atoms with E-state index in [0.717, 1.165) is 5.52 Å². The number of aromatic nitrogens is 5. The van der Waals surface area contributed by atoms with Crippen LogP contribution in [0.1, 0.15) is 45.7 Å². The number of nitrogens with two attached hydrogens (primary N) is 1. The Kier molecular flexibility index (Phi) is 4.31. The van der Waals surface area contributed by atoms with Gasteiger partial charge >= 0.3 is 0 Å². The Morgan fingerprint density at radius 3 is 2.70 bits per heavy atom. The first-order valence-corrected chi connectivity index (χ1v) is 9.47. The molecule has 0 aromatic carbocycles. The number of hydrogen-bond acceptors (Lipinski definition) is 6. The fourth-order valence-electron chi connectivity index (χ4n) is 3.48. The molecular weight excluding hydrogens is 364 g/mol. The molecule has 0 atom stereocenters. The molecule has 7 nitrogen and oxygen atoms in total. The number of fused-ring (bicyclic) bond motifs is 1. The van der Waals surface area contributed by atoms with Crippen molar-refractivity contribution >= 4 is 28.5 Å². The van der Waals surface area contributed by atoms with Crippen molar-refractivity contribution in [3.8, 4) is 23.4 Å². The van der Waals surface area contributed by atoms with E-state index in [1.807, 2.05) is 11.5 Å². The van der Waals surface area contributed by atoms with E-state index in [1.165, 1.54) is 19.3 Å². The topological polar surface area (TPSA) is 95.7 Å². The molecular formula is C19H21ClN6O. The van der Waals surface area contributed by atoms with E-state index in [9.17, 15) is 0 Å². The van der Waals surface area contributed by atoms with Crippen molar-refractivity contribution in [3.05, 3.63) is 16.9 Å². The molecule has 0 amide bonds. The Morgan fingerprint density at radius 2 is 2.11 bits per heavy atom. The number of aryl methyl sites for hydroxylation is 1. The molecule has 1 fully saturated rings. The number of pyridine rings is 1. The average molecular weight is 385 g/mol. The first-order chi connectivity index (χ1) is 12.9. The predicted octanol–water partition coefficient (Wildman–Crippen LogP) is 3.91. The molecule has 1 saturated carbocycles. The highest BCUT2D eigenvalue weighted by Crippen LogP contribution is 2.41. The van der Waals surface area contributed by atoms with E-state index in [0.29, 0.717) is 40.3 Å². The minimum Gasteiger partial charge on any atom is -0.379 e. The molecule has 0 spiro atoms. The van der Waals surface area contributed by atoms with Crippen LogP contribution in [-0.2, 0) is 6.54 Å². The van der Waals surface area contributed by atoms with Gasteiger partial charge in [0, 0.05) is 18.0 Å². The molecule has 3 aromatic heterocycles. The van der Waals surface area contributed by atoms with Crippen molar-refractivity contribution in [1.29, 1.82) is 0 Å². The Labute approximate surface area is 162 Å². The van der Waals surface area contributed by atoms with Gasteiger partial charge in [0.05, 0.1) is 5.52 Å². The van der Waals surface area contributed by atoms with Gasteiger partial charge in [-0.1, -0.05) is 23.9 Å². The molecule has 0 unspecified atom stereocenters. The van der Waals surface area contributed by atoms with Crippen molar-refractivity contribution in [2.75, 3.05) is 5.73 Å². The lowest BCUT2D eigenvalue weighted by Crippen LogP contribution is -2.28. The molecule has 0 aliphatic heterocycles. The van der Waals surface area contributed by atoms with Crippen LogP contribution in [0, 0.1) is 23.2 Å². The summed E-state index contributed by atoms with van der Waals surface area (Å²) in [6.45, 7) is 7.03. The highest BCUT2D eigenvalue weighted by atomic mass is 35.5. The summed E-state index contributed by atoms with van der Waals surface area (Å²) in [5.41, 5.74) is 8.28. The van der Waals surface area contributed by atoms with Crippen molar-refractivity contribution < 1.29 is 4.63 Å². The minimum absolute atomic E-state index is 0.0643. The molecule has 27 heavy (non-hydrogen) atoms. The molecule has 140 valence electrons. The number of halogens is 1. The van der Waals surface area contributed by atoms with E-state index in [4.69, 9.17) is 26.9 Å². The van der Waals surface area contributed by atoms with Crippen LogP contribution in [0.25, 0.3) is 22.6 Å². The molecule has 0 bridgehead atoms. The van der Waals surface area contributed by atoms with Gasteiger partial charge in [-0.3, -0.25) is 0 Å². The third kappa shape index (κ3) is 3.04. The van der Waals surface area contributed by atoms with Crippen molar-refractivity contribution in [2.24, 2.45) is 11.3 Å². The van der Waals surface area contributed by atoms with Gasteiger partial charge in [-0.15, -0.1) is 0 Å². The summed E-state index contributed by atoms with van der Waals surface area (Å²) >= 11 is 6.28. The number of rotatable bonds is 3. The van der Waals surface area contributed by atoms with Crippen LogP contribution in [0.2, 0.25) is 5.15 Å². The van der Waals surface area contributed by atoms with Crippen LogP contribution in [0.3, 0.4) is 0 Å². The maximum Gasteiger partial charge on any atom is 0.199 e. The zero-order valence-corrected chi connectivity index (χ0v) is 16.3. The van der Waals surface area contributed by atoms with Crippen molar-refractivity contribution in [3.63, 3.8) is 0 Å². The first-order valence-electron chi connectivity index (χ1n) is 9.09. The Balaban J connectivity index is 1.87. The zero-order valence-electron chi connectivity index (χ0n) is 15.6. The smallest absolute Gasteiger partial charge is 0.199 e. The third-order valence-electron chi connectivity index (χ3n) is 5.38. The monoisotopic (exact) mass is 384 g/mol. The second kappa shape index (κ2) is 6.54. The van der Waals surface area contributed by atoms with Gasteiger partial charge in [0.2, 0.25) is 0 Å². The highest BCUT2D eigenvalue weighted by molar-refractivity contribution is 6.30. The van der Waals surface area contributed by atoms with Gasteiger partial charge in [0.15, 0.2) is 17.3 Å². The first kappa shape index (κ1) is 17.8. The fraction of sp³-hybridized carbons (Fsp3) is 0.474. The van der Waals surface area contributed by atoms with Gasteiger partial charge in [-0.05, 0) is 55.8 Å². The Hall–Kier alpha value is -2.59. The van der Waals surface area contributed by atoms with Gasteiger partial charge in [-0.25, -0.2) is 14.6 Å². The minimum atomic E-state index is -0.0643. The largest absolute Gasteiger partial charge is 0.379 e. The Bertz CT molecular complexity index is 1070. The summed E-state index contributed by atoms with van der Waals surface area (Å²) in [7, 11) is 0. The lowest BCUT2D eigenvalue weighted by Gasteiger charge is -2.36. The van der Waals surface area contributed by atoms with Gasteiger partial charge in [-0.2, -0.15) is 0 Å². The van der Waals surface area contributed by atoms with E-state index < -0.39 is 0 Å². The van der Waals surface area contributed by atoms with Crippen LogP contribution in [0.4, 0.5) is 5.82 Å². The quantitative estimate of drug-likeness (QED) is 0.543. The maximum absolute atomic E-state index is 6.28. The highest BCUT2D eigenvalue weighted by Gasteiger charge is 2.32. The summed E-state index contributed by atoms with van der Waals surface area (Å²) in [6.07, 6.45) is 3.74. The molecule has 1 aliphatic carbocycles. The van der Waals surface area contributed by atoms with E-state index in [2.05, 4.69) is 41.0 Å². The third-order valence-corrected chi connectivity index (χ3v) is 5.57. The van der Waals surface area contributed by atoms with E-state index in [-0.39, 0.29) is 11.2 Å². The summed E-state index contributed by atoms with van der Waals surface area (Å²) in [5.74, 6) is 8.02. The molecule has 0 saturated heterocycles. The molecule has 4 rings (SSSR count).